The SMILES string of the molecule is CCN(CC)S(=O)(=O)c1ccc(C(=O)NCc2nnc(SCC(=O)Nc3nnc(C)s3)n2-c2cc(OC)ccc2OC)cc1. The number of methoxy groups -OCH3 is 2. The van der Waals surface area contributed by atoms with E-state index in [4.69, 9.17) is 9.47 Å². The maximum Gasteiger partial charge on any atom is 0.251 e. The lowest BCUT2D eigenvalue weighted by Gasteiger charge is -2.18. The van der Waals surface area contributed by atoms with Gasteiger partial charge in [-0.1, -0.05) is 36.9 Å². The Labute approximate surface area is 263 Å². The fourth-order valence-electron chi connectivity index (χ4n) is 4.11. The van der Waals surface area contributed by atoms with Gasteiger partial charge < -0.3 is 14.8 Å². The van der Waals surface area contributed by atoms with Crippen LogP contribution in [0.3, 0.4) is 0 Å². The maximum atomic E-state index is 13.1. The molecule has 17 heteroatoms. The molecule has 4 aromatic rings. The predicted molar refractivity (Wildman–Crippen MR) is 166 cm³/mol. The lowest BCUT2D eigenvalue weighted by Crippen LogP contribution is -2.30. The zero-order valence-electron chi connectivity index (χ0n) is 24.7. The van der Waals surface area contributed by atoms with Crippen LogP contribution in [0.5, 0.6) is 11.5 Å². The second-order valence-electron chi connectivity index (χ2n) is 9.03. The standard InChI is InChI=1S/C27H32N8O6S3/c1-6-34(7-2)44(38,39)20-11-8-18(9-12-20)25(37)28-15-23-31-33-27(42-16-24(36)29-26-32-30-17(3)43-26)35(23)21-14-19(40-4)10-13-22(21)41-5/h8-14H,6-7,15-16H2,1-5H3,(H,28,37)(H,29,32,36). The van der Waals surface area contributed by atoms with Gasteiger partial charge in [-0.25, -0.2) is 8.42 Å². The van der Waals surface area contributed by atoms with Gasteiger partial charge in [-0.2, -0.15) is 4.31 Å². The number of hydrogen-bond donors (Lipinski definition) is 2. The van der Waals surface area contributed by atoms with Crippen LogP contribution in [0.15, 0.2) is 52.5 Å². The number of benzene rings is 2. The number of hydrogen-bond acceptors (Lipinski definition) is 12. The first kappa shape index (κ1) is 32.8. The van der Waals surface area contributed by atoms with Gasteiger partial charge >= 0.3 is 0 Å². The van der Waals surface area contributed by atoms with Gasteiger partial charge in [0.1, 0.15) is 16.5 Å². The number of carbonyl (C=O) groups excluding carboxylic acids is 2. The van der Waals surface area contributed by atoms with Gasteiger partial charge in [0.2, 0.25) is 21.1 Å². The number of thioether (sulfide) groups is 1. The van der Waals surface area contributed by atoms with E-state index in [9.17, 15) is 18.0 Å². The first-order chi connectivity index (χ1) is 21.1. The summed E-state index contributed by atoms with van der Waals surface area (Å²) in [4.78, 5) is 25.8. The first-order valence-corrected chi connectivity index (χ1v) is 16.6. The summed E-state index contributed by atoms with van der Waals surface area (Å²) in [6.45, 7) is 5.97. The van der Waals surface area contributed by atoms with Crippen molar-refractivity contribution in [3.05, 3.63) is 58.9 Å². The summed E-state index contributed by atoms with van der Waals surface area (Å²) in [5.41, 5.74) is 0.807. The van der Waals surface area contributed by atoms with Crippen LogP contribution in [0.1, 0.15) is 35.0 Å². The Balaban J connectivity index is 1.56. The van der Waals surface area contributed by atoms with Crippen LogP contribution in [0.2, 0.25) is 0 Å². The van der Waals surface area contributed by atoms with E-state index >= 15 is 0 Å². The molecule has 44 heavy (non-hydrogen) atoms. The molecule has 0 radical (unpaired) electrons. The third-order valence-electron chi connectivity index (χ3n) is 6.30. The number of nitrogens with one attached hydrogen (secondary N) is 2. The number of sulfonamides is 1. The van der Waals surface area contributed by atoms with Crippen molar-refractivity contribution in [2.75, 3.05) is 38.4 Å². The Bertz CT molecular complexity index is 1720. The molecule has 0 saturated heterocycles. The normalized spacial score (nSPS) is 11.4. The van der Waals surface area contributed by atoms with Gasteiger partial charge in [0.25, 0.3) is 5.91 Å². The molecule has 234 valence electrons. The van der Waals surface area contributed by atoms with E-state index < -0.39 is 15.9 Å². The maximum absolute atomic E-state index is 13.1. The molecule has 0 aliphatic rings. The molecule has 2 amide bonds. The summed E-state index contributed by atoms with van der Waals surface area (Å²) in [5, 5.41) is 23.4. The quantitative estimate of drug-likeness (QED) is 0.191. The molecule has 0 aliphatic carbocycles. The molecular formula is C27H32N8O6S3. The van der Waals surface area contributed by atoms with E-state index in [0.717, 1.165) is 16.8 Å². The number of aromatic nitrogens is 5. The molecule has 2 N–H and O–H groups in total. The van der Waals surface area contributed by atoms with Crippen LogP contribution in [-0.2, 0) is 21.4 Å². The number of nitrogens with zero attached hydrogens (tertiary/aromatic N) is 6. The van der Waals surface area contributed by atoms with Gasteiger partial charge in [0.15, 0.2) is 11.0 Å². The molecule has 0 spiro atoms. The van der Waals surface area contributed by atoms with Gasteiger partial charge in [-0.05, 0) is 43.3 Å². The lowest BCUT2D eigenvalue weighted by atomic mass is 10.2. The minimum Gasteiger partial charge on any atom is -0.497 e. The molecule has 0 unspecified atom stereocenters. The van der Waals surface area contributed by atoms with Gasteiger partial charge in [0, 0.05) is 24.7 Å². The van der Waals surface area contributed by atoms with Crippen molar-refractivity contribution in [2.24, 2.45) is 0 Å². The molecule has 2 aromatic carbocycles. The summed E-state index contributed by atoms with van der Waals surface area (Å²) >= 11 is 2.40. The Morgan fingerprint density at radius 2 is 1.73 bits per heavy atom. The molecule has 0 atom stereocenters. The Morgan fingerprint density at radius 1 is 1.00 bits per heavy atom. The topological polar surface area (TPSA) is 171 Å². The molecule has 0 saturated carbocycles. The van der Waals surface area contributed by atoms with E-state index in [-0.39, 0.29) is 28.7 Å². The van der Waals surface area contributed by atoms with Crippen molar-refractivity contribution in [3.63, 3.8) is 0 Å². The highest BCUT2D eigenvalue weighted by atomic mass is 32.2. The van der Waals surface area contributed by atoms with Crippen LogP contribution in [0.25, 0.3) is 5.69 Å². The van der Waals surface area contributed by atoms with Crippen molar-refractivity contribution < 1.29 is 27.5 Å². The summed E-state index contributed by atoms with van der Waals surface area (Å²) in [5.74, 6) is 0.638. The van der Waals surface area contributed by atoms with E-state index in [2.05, 4.69) is 31.0 Å². The zero-order chi connectivity index (χ0) is 31.9. The fraction of sp³-hybridized carbons (Fsp3) is 0.333. The van der Waals surface area contributed by atoms with Gasteiger partial charge in [0.05, 0.1) is 37.1 Å². The highest BCUT2D eigenvalue weighted by molar-refractivity contribution is 7.99. The van der Waals surface area contributed by atoms with E-state index in [0.29, 0.717) is 46.4 Å². The lowest BCUT2D eigenvalue weighted by molar-refractivity contribution is -0.113. The van der Waals surface area contributed by atoms with E-state index in [1.54, 1.807) is 43.5 Å². The minimum atomic E-state index is -3.65. The average molecular weight is 661 g/mol. The van der Waals surface area contributed by atoms with Crippen LogP contribution in [0.4, 0.5) is 5.13 Å². The van der Waals surface area contributed by atoms with Gasteiger partial charge in [-0.15, -0.1) is 20.4 Å². The summed E-state index contributed by atoms with van der Waals surface area (Å²) in [6.07, 6.45) is 0. The predicted octanol–water partition coefficient (Wildman–Crippen LogP) is 3.14. The molecule has 4 rings (SSSR count). The first-order valence-electron chi connectivity index (χ1n) is 13.4. The molecule has 2 heterocycles. The minimum absolute atomic E-state index is 0.00183. The van der Waals surface area contributed by atoms with E-state index in [1.165, 1.54) is 54.1 Å². The van der Waals surface area contributed by atoms with Crippen molar-refractivity contribution >= 4 is 50.1 Å². The fourth-order valence-corrected chi connectivity index (χ4v) is 6.94. The monoisotopic (exact) mass is 660 g/mol. The van der Waals surface area contributed by atoms with Crippen LogP contribution in [-0.4, -0.2) is 82.6 Å². The number of amides is 2. The third-order valence-corrected chi connectivity index (χ3v) is 10.0. The van der Waals surface area contributed by atoms with Crippen molar-refractivity contribution in [1.29, 1.82) is 0 Å². The molecular weight excluding hydrogens is 629 g/mol. The van der Waals surface area contributed by atoms with E-state index in [1.807, 2.05) is 0 Å². The number of carbonyl (C=O) groups is 2. The second-order valence-corrected chi connectivity index (χ2v) is 13.1. The Kier molecular flexibility index (Phi) is 10.9. The van der Waals surface area contributed by atoms with Gasteiger partial charge in [-0.3, -0.25) is 19.5 Å². The van der Waals surface area contributed by atoms with Crippen molar-refractivity contribution in [2.45, 2.75) is 37.4 Å². The number of rotatable bonds is 14. The average Bonchev–Trinajstić information content (AvgIpc) is 3.63. The Morgan fingerprint density at radius 3 is 2.34 bits per heavy atom. The Hall–Kier alpha value is -4.06. The number of anilines is 1. The summed E-state index contributed by atoms with van der Waals surface area (Å²) < 4.78 is 39.6. The molecule has 0 aliphatic heterocycles. The van der Waals surface area contributed by atoms with Crippen LogP contribution < -0.4 is 20.1 Å². The van der Waals surface area contributed by atoms with Crippen molar-refractivity contribution in [1.82, 2.24) is 34.6 Å². The zero-order valence-corrected chi connectivity index (χ0v) is 27.2. The summed E-state index contributed by atoms with van der Waals surface area (Å²) in [6, 6.07) is 10.9. The highest BCUT2D eigenvalue weighted by Crippen LogP contribution is 2.32. The highest BCUT2D eigenvalue weighted by Gasteiger charge is 2.23. The van der Waals surface area contributed by atoms with Crippen LogP contribution >= 0.6 is 23.1 Å². The number of aryl methyl sites for hydroxylation is 1. The smallest absolute Gasteiger partial charge is 0.251 e. The molecule has 0 fully saturated rings. The molecule has 2 aromatic heterocycles. The number of ether oxygens (including phenoxy) is 2. The van der Waals surface area contributed by atoms with Crippen LogP contribution in [0, 0.1) is 6.92 Å². The largest absolute Gasteiger partial charge is 0.497 e. The molecule has 0 bridgehead atoms. The third kappa shape index (κ3) is 7.53. The van der Waals surface area contributed by atoms with Crippen molar-refractivity contribution in [3.8, 4) is 17.2 Å². The summed E-state index contributed by atoms with van der Waals surface area (Å²) in [7, 11) is -0.598. The second kappa shape index (κ2) is 14.6. The molecule has 14 nitrogen and oxygen atoms in total.